The van der Waals surface area contributed by atoms with Gasteiger partial charge in [0.05, 0.1) is 12.7 Å². The molecule has 0 atom stereocenters. The van der Waals surface area contributed by atoms with Gasteiger partial charge in [-0.15, -0.1) is 0 Å². The third-order valence-corrected chi connectivity index (χ3v) is 5.71. The van der Waals surface area contributed by atoms with Crippen molar-refractivity contribution in [1.29, 1.82) is 0 Å². The number of anilines is 1. The standard InChI is InChI=1S/C22H18BrCl2NO4/c1-29-20-9-8-18(23)17(11-26-16-6-3-13(4-7-16)22(27)28)21(20)30-12-14-2-5-15(24)10-19(14)25/h2-10,26H,11-12H2,1H3,(H,27,28). The molecule has 156 valence electrons. The lowest BCUT2D eigenvalue weighted by Gasteiger charge is -2.18. The first kappa shape index (κ1) is 22.3. The Labute approximate surface area is 192 Å². The number of carbonyl (C=O) groups is 1. The van der Waals surface area contributed by atoms with Crippen LogP contribution in [0.15, 0.2) is 59.1 Å². The van der Waals surface area contributed by atoms with Gasteiger partial charge in [0, 0.05) is 37.9 Å². The van der Waals surface area contributed by atoms with E-state index in [-0.39, 0.29) is 12.2 Å². The molecule has 30 heavy (non-hydrogen) atoms. The van der Waals surface area contributed by atoms with Crippen LogP contribution in [0, 0.1) is 0 Å². The number of aromatic carboxylic acids is 1. The highest BCUT2D eigenvalue weighted by Crippen LogP contribution is 2.37. The summed E-state index contributed by atoms with van der Waals surface area (Å²) in [4.78, 5) is 11.0. The van der Waals surface area contributed by atoms with Crippen LogP contribution in [0.3, 0.4) is 0 Å². The molecule has 0 fully saturated rings. The van der Waals surface area contributed by atoms with Crippen LogP contribution < -0.4 is 14.8 Å². The van der Waals surface area contributed by atoms with Crippen molar-refractivity contribution in [2.24, 2.45) is 0 Å². The highest BCUT2D eigenvalue weighted by Gasteiger charge is 2.16. The Morgan fingerprint density at radius 3 is 2.47 bits per heavy atom. The van der Waals surface area contributed by atoms with E-state index in [1.165, 1.54) is 0 Å². The minimum atomic E-state index is -0.964. The summed E-state index contributed by atoms with van der Waals surface area (Å²) in [6, 6.07) is 15.5. The van der Waals surface area contributed by atoms with Crippen LogP contribution in [0.25, 0.3) is 0 Å². The van der Waals surface area contributed by atoms with Crippen LogP contribution in [-0.2, 0) is 13.2 Å². The third kappa shape index (κ3) is 5.39. The fraction of sp³-hybridized carbons (Fsp3) is 0.136. The maximum absolute atomic E-state index is 11.0. The van der Waals surface area contributed by atoms with E-state index in [0.717, 1.165) is 21.3 Å². The van der Waals surface area contributed by atoms with Gasteiger partial charge in [-0.2, -0.15) is 0 Å². The number of carboxylic acid groups (broad SMARTS) is 1. The average Bonchev–Trinajstić information content (AvgIpc) is 2.73. The second kappa shape index (κ2) is 10.1. The summed E-state index contributed by atoms with van der Waals surface area (Å²) in [5, 5.41) is 13.4. The number of rotatable bonds is 8. The topological polar surface area (TPSA) is 67.8 Å². The first-order valence-corrected chi connectivity index (χ1v) is 10.4. The molecule has 8 heteroatoms. The van der Waals surface area contributed by atoms with Crippen LogP contribution in [0.1, 0.15) is 21.5 Å². The molecule has 3 aromatic carbocycles. The van der Waals surface area contributed by atoms with Crippen molar-refractivity contribution in [3.63, 3.8) is 0 Å². The SMILES string of the molecule is COc1ccc(Br)c(CNc2ccc(C(=O)O)cc2)c1OCc1ccc(Cl)cc1Cl. The van der Waals surface area contributed by atoms with Crippen molar-refractivity contribution < 1.29 is 19.4 Å². The lowest BCUT2D eigenvalue weighted by molar-refractivity contribution is 0.0697. The predicted octanol–water partition coefficient (Wildman–Crippen LogP) is 6.65. The van der Waals surface area contributed by atoms with Crippen molar-refractivity contribution in [3.8, 4) is 11.5 Å². The first-order valence-electron chi connectivity index (χ1n) is 8.88. The zero-order valence-corrected chi connectivity index (χ0v) is 19.0. The minimum absolute atomic E-state index is 0.229. The smallest absolute Gasteiger partial charge is 0.335 e. The summed E-state index contributed by atoms with van der Waals surface area (Å²) in [5.74, 6) is 0.197. The molecule has 0 unspecified atom stereocenters. The van der Waals surface area contributed by atoms with Crippen molar-refractivity contribution >= 4 is 50.8 Å². The third-order valence-electron chi connectivity index (χ3n) is 4.38. The van der Waals surface area contributed by atoms with Gasteiger partial charge in [-0.25, -0.2) is 4.79 Å². The summed E-state index contributed by atoms with van der Waals surface area (Å²) in [6.45, 7) is 0.664. The van der Waals surface area contributed by atoms with E-state index in [0.29, 0.717) is 28.1 Å². The lowest BCUT2D eigenvalue weighted by Crippen LogP contribution is -2.07. The molecular formula is C22H18BrCl2NO4. The Hall–Kier alpha value is -2.41. The van der Waals surface area contributed by atoms with Crippen molar-refractivity contribution in [2.45, 2.75) is 13.2 Å². The van der Waals surface area contributed by atoms with Crippen LogP contribution in [-0.4, -0.2) is 18.2 Å². The molecule has 0 saturated carbocycles. The summed E-state index contributed by atoms with van der Waals surface area (Å²) in [5.41, 5.74) is 2.65. The fourth-order valence-corrected chi connectivity index (χ4v) is 3.69. The second-order valence-electron chi connectivity index (χ2n) is 6.32. The lowest BCUT2D eigenvalue weighted by atomic mass is 10.1. The number of nitrogens with one attached hydrogen (secondary N) is 1. The minimum Gasteiger partial charge on any atom is -0.493 e. The summed E-state index contributed by atoms with van der Waals surface area (Å²) in [7, 11) is 1.58. The van der Waals surface area contributed by atoms with Crippen molar-refractivity contribution in [3.05, 3.63) is 85.8 Å². The molecule has 0 aromatic heterocycles. The first-order chi connectivity index (χ1) is 14.4. The Kier molecular flexibility index (Phi) is 7.48. The largest absolute Gasteiger partial charge is 0.493 e. The zero-order chi connectivity index (χ0) is 21.7. The Bertz CT molecular complexity index is 1060. The number of halogens is 3. The highest BCUT2D eigenvalue weighted by molar-refractivity contribution is 9.10. The predicted molar refractivity (Wildman–Crippen MR) is 122 cm³/mol. The van der Waals surface area contributed by atoms with Gasteiger partial charge in [-0.3, -0.25) is 0 Å². The molecule has 2 N–H and O–H groups in total. The Balaban J connectivity index is 1.81. The summed E-state index contributed by atoms with van der Waals surface area (Å²) >= 11 is 15.8. The van der Waals surface area contributed by atoms with E-state index in [1.54, 1.807) is 43.5 Å². The number of hydrogen-bond acceptors (Lipinski definition) is 4. The molecule has 0 spiro atoms. The number of methoxy groups -OCH3 is 1. The normalized spacial score (nSPS) is 10.5. The van der Waals surface area contributed by atoms with Gasteiger partial charge in [0.25, 0.3) is 0 Å². The van der Waals surface area contributed by atoms with E-state index in [4.69, 9.17) is 37.8 Å². The highest BCUT2D eigenvalue weighted by atomic mass is 79.9. The summed E-state index contributed by atoms with van der Waals surface area (Å²) in [6.07, 6.45) is 0. The van der Waals surface area contributed by atoms with E-state index in [2.05, 4.69) is 21.2 Å². The number of carboxylic acids is 1. The van der Waals surface area contributed by atoms with E-state index >= 15 is 0 Å². The molecule has 3 aromatic rings. The van der Waals surface area contributed by atoms with E-state index < -0.39 is 5.97 Å². The molecule has 0 saturated heterocycles. The molecule has 5 nitrogen and oxygen atoms in total. The van der Waals surface area contributed by atoms with Crippen LogP contribution in [0.4, 0.5) is 5.69 Å². The Morgan fingerprint density at radius 1 is 1.10 bits per heavy atom. The van der Waals surface area contributed by atoms with Gasteiger partial charge in [-0.1, -0.05) is 45.2 Å². The zero-order valence-electron chi connectivity index (χ0n) is 15.9. The van der Waals surface area contributed by atoms with Gasteiger partial charge in [0.1, 0.15) is 6.61 Å². The van der Waals surface area contributed by atoms with Gasteiger partial charge in [0.2, 0.25) is 0 Å². The van der Waals surface area contributed by atoms with E-state index in [1.807, 2.05) is 18.2 Å². The quantitative estimate of drug-likeness (QED) is 0.355. The number of benzene rings is 3. The molecule has 0 aliphatic carbocycles. The van der Waals surface area contributed by atoms with Gasteiger partial charge < -0.3 is 19.9 Å². The molecule has 0 amide bonds. The van der Waals surface area contributed by atoms with Gasteiger partial charge >= 0.3 is 5.97 Å². The average molecular weight is 511 g/mol. The Morgan fingerprint density at radius 2 is 1.83 bits per heavy atom. The van der Waals surface area contributed by atoms with Crippen LogP contribution in [0.5, 0.6) is 11.5 Å². The maximum Gasteiger partial charge on any atom is 0.335 e. The van der Waals surface area contributed by atoms with E-state index in [9.17, 15) is 4.79 Å². The van der Waals surface area contributed by atoms with Gasteiger partial charge in [0.15, 0.2) is 11.5 Å². The molecule has 0 bridgehead atoms. The fourth-order valence-electron chi connectivity index (χ4n) is 2.78. The molecule has 0 heterocycles. The van der Waals surface area contributed by atoms with Crippen LogP contribution >= 0.6 is 39.1 Å². The van der Waals surface area contributed by atoms with Gasteiger partial charge in [-0.05, 0) is 48.5 Å². The van der Waals surface area contributed by atoms with Crippen molar-refractivity contribution in [1.82, 2.24) is 0 Å². The molecule has 0 aliphatic heterocycles. The van der Waals surface area contributed by atoms with Crippen molar-refractivity contribution in [2.75, 3.05) is 12.4 Å². The molecule has 0 aliphatic rings. The monoisotopic (exact) mass is 509 g/mol. The molecule has 0 radical (unpaired) electrons. The molecular weight excluding hydrogens is 493 g/mol. The second-order valence-corrected chi connectivity index (χ2v) is 8.02. The number of ether oxygens (including phenoxy) is 2. The maximum atomic E-state index is 11.0. The number of hydrogen-bond donors (Lipinski definition) is 2. The summed E-state index contributed by atoms with van der Waals surface area (Å²) < 4.78 is 12.4. The van der Waals surface area contributed by atoms with Crippen LogP contribution in [0.2, 0.25) is 10.0 Å². The molecule has 3 rings (SSSR count).